The fourth-order valence-electron chi connectivity index (χ4n) is 0.966. The number of rotatable bonds is 3. The van der Waals surface area contributed by atoms with Crippen LogP contribution in [0.1, 0.15) is 11.7 Å². The van der Waals surface area contributed by atoms with E-state index < -0.39 is 0 Å². The third kappa shape index (κ3) is 2.29. The number of hydrogen-bond donors (Lipinski definition) is 0. The largest absolute Gasteiger partial charge is 0.376 e. The number of hydrogen-bond acceptors (Lipinski definition) is 1. The van der Waals surface area contributed by atoms with Crippen LogP contribution in [-0.2, 0) is 4.74 Å². The zero-order chi connectivity index (χ0) is 8.97. The lowest BCUT2D eigenvalue weighted by Crippen LogP contribution is -2.02. The predicted molar refractivity (Wildman–Crippen MR) is 49.9 cm³/mol. The average molecular weight is 233 g/mol. The summed E-state index contributed by atoms with van der Waals surface area (Å²) in [7, 11) is 1.63. The molecule has 0 saturated carbocycles. The highest BCUT2D eigenvalue weighted by atomic mass is 79.9. The van der Waals surface area contributed by atoms with Crippen LogP contribution in [-0.4, -0.2) is 12.4 Å². The van der Waals surface area contributed by atoms with Gasteiger partial charge in [-0.1, -0.05) is 28.1 Å². The van der Waals surface area contributed by atoms with Crippen molar-refractivity contribution in [3.8, 4) is 0 Å². The summed E-state index contributed by atoms with van der Waals surface area (Å²) in [5.41, 5.74) is 0.982. The second-order valence-electron chi connectivity index (χ2n) is 2.43. The minimum atomic E-state index is -0.219. The highest BCUT2D eigenvalue weighted by Crippen LogP contribution is 2.18. The first-order valence-corrected chi connectivity index (χ1v) is 4.74. The highest BCUT2D eigenvalue weighted by Gasteiger charge is 2.07. The Bertz CT molecular complexity index is 231. The number of benzene rings is 1. The average Bonchev–Trinajstić information content (AvgIpc) is 2.10. The van der Waals surface area contributed by atoms with Gasteiger partial charge in [0, 0.05) is 12.4 Å². The van der Waals surface area contributed by atoms with E-state index in [9.17, 15) is 4.39 Å². The van der Waals surface area contributed by atoms with Gasteiger partial charge in [-0.15, -0.1) is 0 Å². The molecule has 0 amide bonds. The summed E-state index contributed by atoms with van der Waals surface area (Å²) in [4.78, 5) is 0. The van der Waals surface area contributed by atoms with Gasteiger partial charge < -0.3 is 4.74 Å². The SMILES string of the molecule is CO[C@@H](CBr)c1ccc(F)cc1. The molecule has 1 nitrogen and oxygen atoms in total. The summed E-state index contributed by atoms with van der Waals surface area (Å²) in [5.74, 6) is -0.219. The molecule has 12 heavy (non-hydrogen) atoms. The van der Waals surface area contributed by atoms with E-state index in [4.69, 9.17) is 4.74 Å². The lowest BCUT2D eigenvalue weighted by molar-refractivity contribution is 0.124. The zero-order valence-corrected chi connectivity index (χ0v) is 8.34. The van der Waals surface area contributed by atoms with Crippen LogP contribution in [0.5, 0.6) is 0 Å². The van der Waals surface area contributed by atoms with Gasteiger partial charge >= 0.3 is 0 Å². The molecule has 1 atom stereocenters. The molecule has 0 radical (unpaired) electrons. The van der Waals surface area contributed by atoms with Gasteiger partial charge in [-0.05, 0) is 17.7 Å². The molecular formula is C9H10BrFO. The Morgan fingerprint density at radius 3 is 2.42 bits per heavy atom. The van der Waals surface area contributed by atoms with Gasteiger partial charge in [0.2, 0.25) is 0 Å². The molecule has 1 aromatic carbocycles. The van der Waals surface area contributed by atoms with Crippen molar-refractivity contribution in [1.29, 1.82) is 0 Å². The smallest absolute Gasteiger partial charge is 0.123 e. The molecular weight excluding hydrogens is 223 g/mol. The van der Waals surface area contributed by atoms with E-state index >= 15 is 0 Å². The molecule has 0 unspecified atom stereocenters. The normalized spacial score (nSPS) is 12.9. The molecule has 0 aromatic heterocycles. The van der Waals surface area contributed by atoms with Crippen molar-refractivity contribution in [1.82, 2.24) is 0 Å². The maximum absolute atomic E-state index is 12.5. The quantitative estimate of drug-likeness (QED) is 0.729. The number of methoxy groups -OCH3 is 1. The van der Waals surface area contributed by atoms with E-state index in [0.717, 1.165) is 10.9 Å². The van der Waals surface area contributed by atoms with Gasteiger partial charge in [-0.2, -0.15) is 0 Å². The lowest BCUT2D eigenvalue weighted by atomic mass is 10.1. The fourth-order valence-corrected chi connectivity index (χ4v) is 1.60. The summed E-state index contributed by atoms with van der Waals surface area (Å²) in [6, 6.07) is 6.32. The zero-order valence-electron chi connectivity index (χ0n) is 6.76. The molecule has 0 aliphatic heterocycles. The van der Waals surface area contributed by atoms with Crippen LogP contribution in [0.3, 0.4) is 0 Å². The van der Waals surface area contributed by atoms with Gasteiger partial charge in [0.05, 0.1) is 6.10 Å². The van der Waals surface area contributed by atoms with Gasteiger partial charge in [0.25, 0.3) is 0 Å². The topological polar surface area (TPSA) is 9.23 Å². The second kappa shape index (κ2) is 4.58. The summed E-state index contributed by atoms with van der Waals surface area (Å²) in [5, 5.41) is 0.717. The van der Waals surface area contributed by atoms with Gasteiger partial charge in [0.1, 0.15) is 5.82 Å². The summed E-state index contributed by atoms with van der Waals surface area (Å²) < 4.78 is 17.7. The Balaban J connectivity index is 2.80. The molecule has 0 saturated heterocycles. The molecule has 0 fully saturated rings. The van der Waals surface area contributed by atoms with Crippen molar-refractivity contribution in [2.75, 3.05) is 12.4 Å². The van der Waals surface area contributed by atoms with Gasteiger partial charge in [-0.25, -0.2) is 4.39 Å². The maximum Gasteiger partial charge on any atom is 0.123 e. The van der Waals surface area contributed by atoms with Crippen molar-refractivity contribution in [2.24, 2.45) is 0 Å². The third-order valence-corrected chi connectivity index (χ3v) is 2.25. The molecule has 0 spiro atoms. The number of ether oxygens (including phenoxy) is 1. The van der Waals surface area contributed by atoms with E-state index in [1.54, 1.807) is 19.2 Å². The van der Waals surface area contributed by atoms with Crippen LogP contribution in [0.4, 0.5) is 4.39 Å². The standard InChI is InChI=1S/C9H10BrFO/c1-12-9(6-10)7-2-4-8(11)5-3-7/h2-5,9H,6H2,1H3/t9-/m0/s1. The maximum atomic E-state index is 12.5. The minimum absolute atomic E-state index is 0.00519. The molecule has 66 valence electrons. The first kappa shape index (κ1) is 9.68. The molecule has 0 aliphatic rings. The molecule has 0 aliphatic carbocycles. The number of halogens is 2. The van der Waals surface area contributed by atoms with Gasteiger partial charge in [0.15, 0.2) is 0 Å². The van der Waals surface area contributed by atoms with Crippen LogP contribution in [0, 0.1) is 5.82 Å². The third-order valence-electron chi connectivity index (χ3n) is 1.67. The Morgan fingerprint density at radius 2 is 2.00 bits per heavy atom. The Kier molecular flexibility index (Phi) is 3.69. The molecule has 0 bridgehead atoms. The van der Waals surface area contributed by atoms with Crippen molar-refractivity contribution < 1.29 is 9.13 Å². The minimum Gasteiger partial charge on any atom is -0.376 e. The van der Waals surface area contributed by atoms with E-state index in [1.165, 1.54) is 12.1 Å². The van der Waals surface area contributed by atoms with Crippen molar-refractivity contribution in [3.05, 3.63) is 35.6 Å². The first-order valence-electron chi connectivity index (χ1n) is 3.62. The van der Waals surface area contributed by atoms with E-state index in [-0.39, 0.29) is 11.9 Å². The highest BCUT2D eigenvalue weighted by molar-refractivity contribution is 9.09. The van der Waals surface area contributed by atoms with Crippen molar-refractivity contribution in [3.63, 3.8) is 0 Å². The molecule has 0 heterocycles. The van der Waals surface area contributed by atoms with Crippen LogP contribution >= 0.6 is 15.9 Å². The predicted octanol–water partition coefficient (Wildman–Crippen LogP) is 2.91. The summed E-state index contributed by atoms with van der Waals surface area (Å²) in [6.07, 6.45) is 0.00519. The van der Waals surface area contributed by atoms with Crippen molar-refractivity contribution in [2.45, 2.75) is 6.10 Å². The Morgan fingerprint density at radius 1 is 1.42 bits per heavy atom. The Hall–Kier alpha value is -0.410. The van der Waals surface area contributed by atoms with Crippen LogP contribution in [0.25, 0.3) is 0 Å². The van der Waals surface area contributed by atoms with Crippen LogP contribution < -0.4 is 0 Å². The molecule has 1 rings (SSSR count). The van der Waals surface area contributed by atoms with E-state index in [0.29, 0.717) is 0 Å². The molecule has 3 heteroatoms. The van der Waals surface area contributed by atoms with Crippen LogP contribution in [0.2, 0.25) is 0 Å². The van der Waals surface area contributed by atoms with E-state index in [2.05, 4.69) is 15.9 Å². The Labute approximate surface area is 79.7 Å². The second-order valence-corrected chi connectivity index (χ2v) is 3.08. The monoisotopic (exact) mass is 232 g/mol. The molecule has 1 aromatic rings. The lowest BCUT2D eigenvalue weighted by Gasteiger charge is -2.11. The summed E-state index contributed by atoms with van der Waals surface area (Å²) >= 11 is 3.31. The van der Waals surface area contributed by atoms with Crippen molar-refractivity contribution >= 4 is 15.9 Å². The van der Waals surface area contributed by atoms with Gasteiger partial charge in [-0.3, -0.25) is 0 Å². The first-order chi connectivity index (χ1) is 5.77. The van der Waals surface area contributed by atoms with E-state index in [1.807, 2.05) is 0 Å². The molecule has 0 N–H and O–H groups in total. The number of alkyl halides is 1. The summed E-state index contributed by atoms with van der Waals surface area (Å²) in [6.45, 7) is 0. The van der Waals surface area contributed by atoms with Crippen LogP contribution in [0.15, 0.2) is 24.3 Å². The fraction of sp³-hybridized carbons (Fsp3) is 0.333.